The lowest BCUT2D eigenvalue weighted by molar-refractivity contribution is -0.150. The van der Waals surface area contributed by atoms with Gasteiger partial charge in [0.15, 0.2) is 5.82 Å². The Bertz CT molecular complexity index is 1340. The number of nitrogens with zero attached hydrogens (tertiary/aromatic N) is 3. The summed E-state index contributed by atoms with van der Waals surface area (Å²) < 4.78 is 43.3. The number of esters is 1. The van der Waals surface area contributed by atoms with Gasteiger partial charge in [0, 0.05) is 19.9 Å². The fourth-order valence-electron chi connectivity index (χ4n) is 3.74. The Morgan fingerprint density at radius 3 is 2.44 bits per heavy atom. The Morgan fingerprint density at radius 1 is 1.10 bits per heavy atom. The van der Waals surface area contributed by atoms with Crippen molar-refractivity contribution in [1.82, 2.24) is 19.7 Å². The number of nitrogen functional groups attached to an aromatic ring is 1. The highest BCUT2D eigenvalue weighted by Crippen LogP contribution is 2.44. The van der Waals surface area contributed by atoms with Crippen molar-refractivity contribution in [1.29, 1.82) is 0 Å². The number of hydrogen-bond donors (Lipinski definition) is 2. The zero-order valence-corrected chi connectivity index (χ0v) is 25.8. The molecule has 2 heterocycles. The van der Waals surface area contributed by atoms with Crippen molar-refractivity contribution in [2.45, 2.75) is 64.6 Å². The lowest BCUT2D eigenvalue weighted by atomic mass is 9.87. The molecule has 3 aromatic rings. The molecule has 0 amide bonds. The van der Waals surface area contributed by atoms with E-state index >= 15 is 0 Å². The largest absolute Gasteiger partial charge is 0.462 e. The number of nitrogens with one attached hydrogen (secondary N) is 1. The maximum atomic E-state index is 13.8. The summed E-state index contributed by atoms with van der Waals surface area (Å²) in [5.74, 6) is 0.0887. The molecule has 2 atom stereocenters. The zero-order valence-electron chi connectivity index (χ0n) is 24.9. The van der Waals surface area contributed by atoms with Crippen LogP contribution >= 0.6 is 7.75 Å². The molecule has 0 saturated carbocycles. The van der Waals surface area contributed by atoms with Gasteiger partial charge in [0.2, 0.25) is 0 Å². The van der Waals surface area contributed by atoms with Gasteiger partial charge >= 0.3 is 13.7 Å². The number of ether oxygens (including phenoxy) is 3. The van der Waals surface area contributed by atoms with Gasteiger partial charge in [-0.05, 0) is 61.9 Å². The number of aromatic nitrogens is 3. The number of methoxy groups -OCH3 is 2. The van der Waals surface area contributed by atoms with E-state index in [1.807, 2.05) is 24.3 Å². The van der Waals surface area contributed by atoms with Gasteiger partial charge in [-0.2, -0.15) is 5.10 Å². The lowest BCUT2D eigenvalue weighted by Crippen LogP contribution is -2.33. The van der Waals surface area contributed by atoms with Crippen LogP contribution in [-0.4, -0.2) is 66.3 Å². The van der Waals surface area contributed by atoms with Crippen LogP contribution in [-0.2, 0) is 39.9 Å². The van der Waals surface area contributed by atoms with E-state index in [9.17, 15) is 9.36 Å². The Balaban J connectivity index is 1.68. The molecular formula is C28H42N5O7P. The smallest absolute Gasteiger partial charge is 0.459 e. The summed E-state index contributed by atoms with van der Waals surface area (Å²) >= 11 is 0. The highest BCUT2D eigenvalue weighted by Gasteiger charge is 2.30. The fraction of sp³-hybridized carbons (Fsp3) is 0.536. The third-order valence-electron chi connectivity index (χ3n) is 6.54. The van der Waals surface area contributed by atoms with Gasteiger partial charge in [-0.25, -0.2) is 19.2 Å². The first kappa shape index (κ1) is 32.5. The van der Waals surface area contributed by atoms with Crippen LogP contribution < -0.4 is 15.3 Å². The van der Waals surface area contributed by atoms with Crippen molar-refractivity contribution in [3.63, 3.8) is 0 Å². The first-order chi connectivity index (χ1) is 19.2. The molecule has 41 heavy (non-hydrogen) atoms. The summed E-state index contributed by atoms with van der Waals surface area (Å²) in [6.45, 7) is 9.43. The molecule has 0 aliphatic heterocycles. The fourth-order valence-corrected chi connectivity index (χ4v) is 5.03. The van der Waals surface area contributed by atoms with E-state index in [0.29, 0.717) is 29.9 Å². The third-order valence-corrected chi connectivity index (χ3v) is 8.03. The number of carbonyl (C=O) groups is 1. The third kappa shape index (κ3) is 9.51. The number of benzene rings is 1. The van der Waals surface area contributed by atoms with Gasteiger partial charge in [-0.3, -0.25) is 9.32 Å². The highest BCUT2D eigenvalue weighted by molar-refractivity contribution is 7.52. The minimum Gasteiger partial charge on any atom is -0.462 e. The molecule has 3 N–H and O–H groups in total. The SMILES string of the molecule is COC(CCc1ccc2c(N)ncnn12)COP(=O)(NCC(=O)OCC(C)(C)OC)Oc1ccc(C(C)(C)C)cc1. The van der Waals surface area contributed by atoms with Crippen molar-refractivity contribution in [3.8, 4) is 5.75 Å². The first-order valence-corrected chi connectivity index (χ1v) is 14.9. The number of fused-ring (bicyclic) bond motifs is 1. The van der Waals surface area contributed by atoms with Crippen LogP contribution in [0.3, 0.4) is 0 Å². The second-order valence-electron chi connectivity index (χ2n) is 11.3. The number of nitrogens with two attached hydrogens (primary N) is 1. The number of anilines is 1. The monoisotopic (exact) mass is 591 g/mol. The second kappa shape index (κ2) is 13.8. The molecule has 0 bridgehead atoms. The number of aryl methyl sites for hydroxylation is 1. The summed E-state index contributed by atoms with van der Waals surface area (Å²) in [4.78, 5) is 16.4. The molecular weight excluding hydrogens is 549 g/mol. The van der Waals surface area contributed by atoms with Crippen molar-refractivity contribution >= 4 is 25.1 Å². The van der Waals surface area contributed by atoms with Crippen molar-refractivity contribution in [2.24, 2.45) is 0 Å². The Hall–Kier alpha value is -3.02. The van der Waals surface area contributed by atoms with Crippen LogP contribution in [0.2, 0.25) is 0 Å². The molecule has 0 fully saturated rings. The topological polar surface area (TPSA) is 149 Å². The summed E-state index contributed by atoms with van der Waals surface area (Å²) in [5.41, 5.74) is 7.92. The normalized spacial score (nSPS) is 14.5. The Morgan fingerprint density at radius 2 is 1.80 bits per heavy atom. The van der Waals surface area contributed by atoms with E-state index < -0.39 is 32.0 Å². The summed E-state index contributed by atoms with van der Waals surface area (Å²) in [7, 11) is -0.949. The summed E-state index contributed by atoms with van der Waals surface area (Å²) in [5, 5.41) is 6.89. The van der Waals surface area contributed by atoms with Crippen LogP contribution in [0.25, 0.3) is 5.52 Å². The molecule has 0 spiro atoms. The molecule has 0 saturated heterocycles. The molecule has 2 aromatic heterocycles. The van der Waals surface area contributed by atoms with Gasteiger partial charge in [-0.15, -0.1) is 0 Å². The molecule has 2 unspecified atom stereocenters. The molecule has 0 aliphatic carbocycles. The number of hydrogen-bond acceptors (Lipinski definition) is 10. The van der Waals surface area contributed by atoms with Crippen LogP contribution in [0.15, 0.2) is 42.7 Å². The van der Waals surface area contributed by atoms with E-state index in [1.54, 1.807) is 37.6 Å². The maximum absolute atomic E-state index is 13.8. The van der Waals surface area contributed by atoms with Crippen molar-refractivity contribution in [2.75, 3.05) is 39.7 Å². The summed E-state index contributed by atoms with van der Waals surface area (Å²) in [6, 6.07) is 11.0. The lowest BCUT2D eigenvalue weighted by Gasteiger charge is -2.24. The summed E-state index contributed by atoms with van der Waals surface area (Å²) in [6.07, 6.45) is 2.08. The molecule has 0 aliphatic rings. The van der Waals surface area contributed by atoms with E-state index in [4.69, 9.17) is 29.0 Å². The average molecular weight is 592 g/mol. The zero-order chi connectivity index (χ0) is 30.3. The first-order valence-electron chi connectivity index (χ1n) is 13.4. The van der Waals surface area contributed by atoms with E-state index in [2.05, 4.69) is 35.9 Å². The van der Waals surface area contributed by atoms with Gasteiger partial charge in [-0.1, -0.05) is 32.9 Å². The maximum Gasteiger partial charge on any atom is 0.459 e. The molecule has 0 radical (unpaired) electrons. The molecule has 1 aromatic carbocycles. The standard InChI is InChI=1S/C28H42N5O7P/c1-27(2,3)20-8-12-22(13-9-20)40-41(35,32-16-25(34)38-18-28(4,5)37-7)39-17-23(36-6)14-10-21-11-15-24-26(29)30-19-31-33(21)24/h8-9,11-13,15,19,23H,10,14,16-18H2,1-7H3,(H,32,35)(H2,29,30,31). The molecule has 13 heteroatoms. The van der Waals surface area contributed by atoms with Crippen LogP contribution in [0, 0.1) is 0 Å². The van der Waals surface area contributed by atoms with E-state index in [0.717, 1.165) is 11.3 Å². The minimum absolute atomic E-state index is 0.0288. The number of carbonyl (C=O) groups excluding carboxylic acids is 1. The number of rotatable bonds is 15. The molecule has 12 nitrogen and oxygen atoms in total. The van der Waals surface area contributed by atoms with E-state index in [1.165, 1.54) is 13.4 Å². The quantitative estimate of drug-likeness (QED) is 0.192. The van der Waals surface area contributed by atoms with Crippen LogP contribution in [0.4, 0.5) is 5.82 Å². The van der Waals surface area contributed by atoms with E-state index in [-0.39, 0.29) is 18.6 Å². The van der Waals surface area contributed by atoms with Gasteiger partial charge in [0.05, 0.1) is 18.3 Å². The Kier molecular flexibility index (Phi) is 10.9. The minimum atomic E-state index is -4.02. The van der Waals surface area contributed by atoms with Gasteiger partial charge < -0.3 is 24.5 Å². The van der Waals surface area contributed by atoms with Crippen LogP contribution in [0.5, 0.6) is 5.75 Å². The average Bonchev–Trinajstić information content (AvgIpc) is 3.35. The van der Waals surface area contributed by atoms with Crippen molar-refractivity contribution in [3.05, 3.63) is 54.0 Å². The van der Waals surface area contributed by atoms with Gasteiger partial charge in [0.1, 0.15) is 30.7 Å². The molecule has 3 rings (SSSR count). The second-order valence-corrected chi connectivity index (χ2v) is 13.0. The highest BCUT2D eigenvalue weighted by atomic mass is 31.2. The molecule has 226 valence electrons. The predicted octanol–water partition coefficient (Wildman–Crippen LogP) is 4.32. The van der Waals surface area contributed by atoms with Gasteiger partial charge in [0.25, 0.3) is 0 Å². The van der Waals surface area contributed by atoms with Crippen molar-refractivity contribution < 1.29 is 32.6 Å². The van der Waals surface area contributed by atoms with Crippen LogP contribution in [0.1, 0.15) is 52.3 Å². The predicted molar refractivity (Wildman–Crippen MR) is 156 cm³/mol. The Labute approximate surface area is 241 Å².